The summed E-state index contributed by atoms with van der Waals surface area (Å²) in [6.45, 7) is -0.415. The van der Waals surface area contributed by atoms with Crippen molar-refractivity contribution in [2.75, 3.05) is 17.7 Å². The smallest absolute Gasteiger partial charge is 0.358 e. The maximum absolute atomic E-state index is 12.1. The number of ether oxygens (including phenoxy) is 1. The summed E-state index contributed by atoms with van der Waals surface area (Å²) in [5.41, 5.74) is 1.71. The molecular weight excluding hydrogens is 402 g/mol. The highest BCUT2D eigenvalue weighted by Crippen LogP contribution is 2.27. The lowest BCUT2D eigenvalue weighted by Crippen LogP contribution is -2.21. The maximum atomic E-state index is 12.1. The second-order valence-electron chi connectivity index (χ2n) is 5.12. The predicted molar refractivity (Wildman–Crippen MR) is 107 cm³/mol. The number of para-hydroxylation sites is 1. The SMILES string of the molecule is N#CCSc1ccccc1NC(=O)COC(=O)c1csc(-c2ccsc2)n1. The minimum Gasteiger partial charge on any atom is -0.451 e. The third-order valence-corrected chi connectivity index (χ3v) is 5.78. The van der Waals surface area contributed by atoms with Gasteiger partial charge in [-0.15, -0.1) is 23.1 Å². The number of carbonyl (C=O) groups excluding carboxylic acids is 2. The first-order chi connectivity index (χ1) is 13.2. The molecule has 0 fully saturated rings. The summed E-state index contributed by atoms with van der Waals surface area (Å²) in [5.74, 6) is -0.824. The average molecular weight is 416 g/mol. The Hall–Kier alpha value is -2.67. The van der Waals surface area contributed by atoms with Crippen LogP contribution in [0.4, 0.5) is 5.69 Å². The van der Waals surface area contributed by atoms with Crippen LogP contribution >= 0.6 is 34.4 Å². The van der Waals surface area contributed by atoms with Gasteiger partial charge in [-0.1, -0.05) is 12.1 Å². The molecule has 0 saturated heterocycles. The van der Waals surface area contributed by atoms with E-state index in [0.717, 1.165) is 15.5 Å². The Morgan fingerprint density at radius 3 is 2.89 bits per heavy atom. The van der Waals surface area contributed by atoms with Gasteiger partial charge in [0.1, 0.15) is 5.01 Å². The predicted octanol–water partition coefficient (Wildman–Crippen LogP) is 4.28. The van der Waals surface area contributed by atoms with Crippen molar-refractivity contribution in [1.29, 1.82) is 5.26 Å². The Morgan fingerprint density at radius 2 is 2.11 bits per heavy atom. The number of thioether (sulfide) groups is 1. The summed E-state index contributed by atoms with van der Waals surface area (Å²) in [6, 6.07) is 11.1. The fourth-order valence-electron chi connectivity index (χ4n) is 2.08. The number of aromatic nitrogens is 1. The second kappa shape index (κ2) is 9.32. The van der Waals surface area contributed by atoms with Gasteiger partial charge in [0.05, 0.1) is 17.5 Å². The van der Waals surface area contributed by atoms with Gasteiger partial charge in [0.15, 0.2) is 12.3 Å². The number of nitrogens with zero attached hydrogens (tertiary/aromatic N) is 2. The summed E-state index contributed by atoms with van der Waals surface area (Å²) in [7, 11) is 0. The number of nitriles is 1. The van der Waals surface area contributed by atoms with Crippen molar-refractivity contribution in [2.24, 2.45) is 0 Å². The van der Waals surface area contributed by atoms with E-state index in [1.807, 2.05) is 35.0 Å². The molecule has 0 bridgehead atoms. The van der Waals surface area contributed by atoms with Gasteiger partial charge in [-0.2, -0.15) is 16.6 Å². The molecule has 2 heterocycles. The standard InChI is InChI=1S/C18H13N3O3S3/c19-6-8-26-15-4-2-1-3-13(15)20-16(22)9-24-18(23)14-11-27-17(21-14)12-5-7-25-10-12/h1-5,7,10-11H,8-9H2,(H,20,22). The molecule has 27 heavy (non-hydrogen) atoms. The third-order valence-electron chi connectivity index (χ3n) is 3.27. The minimum absolute atomic E-state index is 0.180. The molecule has 9 heteroatoms. The van der Waals surface area contributed by atoms with Crippen molar-refractivity contribution in [3.8, 4) is 16.6 Å². The number of amides is 1. The lowest BCUT2D eigenvalue weighted by Gasteiger charge is -2.09. The topological polar surface area (TPSA) is 92.1 Å². The highest BCUT2D eigenvalue weighted by molar-refractivity contribution is 7.99. The molecule has 0 aliphatic rings. The number of nitrogens with one attached hydrogen (secondary N) is 1. The number of hydrogen-bond acceptors (Lipinski definition) is 8. The van der Waals surface area contributed by atoms with Crippen LogP contribution in [0.25, 0.3) is 10.6 Å². The van der Waals surface area contributed by atoms with Crippen LogP contribution in [0, 0.1) is 11.3 Å². The molecule has 0 radical (unpaired) electrons. The van der Waals surface area contributed by atoms with E-state index in [1.54, 1.807) is 28.8 Å². The molecule has 0 aliphatic carbocycles. The van der Waals surface area contributed by atoms with Gasteiger partial charge in [0.25, 0.3) is 5.91 Å². The zero-order chi connectivity index (χ0) is 19.1. The zero-order valence-corrected chi connectivity index (χ0v) is 16.3. The first-order valence-corrected chi connectivity index (χ1v) is 10.5. The molecule has 1 aromatic carbocycles. The Labute approximate surface area is 167 Å². The Bertz CT molecular complexity index is 977. The van der Waals surface area contributed by atoms with Crippen LogP contribution in [0.1, 0.15) is 10.5 Å². The third kappa shape index (κ3) is 5.17. The van der Waals surface area contributed by atoms with Crippen LogP contribution in [0.3, 0.4) is 0 Å². The fraction of sp³-hybridized carbons (Fsp3) is 0.111. The molecule has 0 unspecified atom stereocenters. The monoisotopic (exact) mass is 415 g/mol. The van der Waals surface area contributed by atoms with Crippen LogP contribution < -0.4 is 5.32 Å². The Morgan fingerprint density at radius 1 is 1.26 bits per heavy atom. The fourth-order valence-corrected chi connectivity index (χ4v) is 4.25. The lowest BCUT2D eigenvalue weighted by atomic mass is 10.3. The van der Waals surface area contributed by atoms with Crippen LogP contribution in [0.5, 0.6) is 0 Å². The number of thiophene rings is 1. The first-order valence-electron chi connectivity index (χ1n) is 7.71. The number of anilines is 1. The zero-order valence-electron chi connectivity index (χ0n) is 13.9. The van der Waals surface area contributed by atoms with Gasteiger partial charge < -0.3 is 10.1 Å². The molecule has 1 N–H and O–H groups in total. The van der Waals surface area contributed by atoms with Gasteiger partial charge in [-0.3, -0.25) is 4.79 Å². The Kier molecular flexibility index (Phi) is 6.59. The Balaban J connectivity index is 1.55. The van der Waals surface area contributed by atoms with E-state index in [9.17, 15) is 9.59 Å². The molecule has 2 aromatic heterocycles. The average Bonchev–Trinajstić information content (AvgIpc) is 3.36. The number of carbonyl (C=O) groups is 2. The van der Waals surface area contributed by atoms with Crippen LogP contribution in [0.2, 0.25) is 0 Å². The molecule has 0 saturated carbocycles. The van der Waals surface area contributed by atoms with E-state index in [1.165, 1.54) is 23.1 Å². The van der Waals surface area contributed by atoms with Crippen molar-refractivity contribution >= 4 is 52.0 Å². The molecule has 0 spiro atoms. The molecule has 6 nitrogen and oxygen atoms in total. The van der Waals surface area contributed by atoms with Crippen molar-refractivity contribution < 1.29 is 14.3 Å². The number of esters is 1. The van der Waals surface area contributed by atoms with E-state index >= 15 is 0 Å². The van der Waals surface area contributed by atoms with Gasteiger partial charge >= 0.3 is 5.97 Å². The van der Waals surface area contributed by atoms with E-state index in [2.05, 4.69) is 10.3 Å². The number of thiazole rings is 1. The number of hydrogen-bond donors (Lipinski definition) is 1. The summed E-state index contributed by atoms with van der Waals surface area (Å²) in [5, 5.41) is 17.6. The highest BCUT2D eigenvalue weighted by Gasteiger charge is 2.15. The van der Waals surface area contributed by atoms with Crippen LogP contribution in [-0.2, 0) is 9.53 Å². The van der Waals surface area contributed by atoms with Crippen molar-refractivity contribution in [3.05, 3.63) is 52.2 Å². The van der Waals surface area contributed by atoms with Gasteiger partial charge in [-0.05, 0) is 23.6 Å². The summed E-state index contributed by atoms with van der Waals surface area (Å²) < 4.78 is 5.05. The number of benzene rings is 1. The molecule has 3 aromatic rings. The summed E-state index contributed by atoms with van der Waals surface area (Å²) in [4.78, 5) is 29.2. The normalized spacial score (nSPS) is 10.2. The minimum atomic E-state index is -0.643. The lowest BCUT2D eigenvalue weighted by molar-refractivity contribution is -0.119. The molecule has 136 valence electrons. The maximum Gasteiger partial charge on any atom is 0.358 e. The molecule has 1 amide bonds. The largest absolute Gasteiger partial charge is 0.451 e. The highest BCUT2D eigenvalue weighted by atomic mass is 32.2. The van der Waals surface area contributed by atoms with Gasteiger partial charge in [-0.25, -0.2) is 9.78 Å². The second-order valence-corrected chi connectivity index (χ2v) is 7.77. The van der Waals surface area contributed by atoms with E-state index < -0.39 is 18.5 Å². The van der Waals surface area contributed by atoms with E-state index in [0.29, 0.717) is 5.69 Å². The van der Waals surface area contributed by atoms with Gasteiger partial charge in [0.2, 0.25) is 0 Å². The quantitative estimate of drug-likeness (QED) is 0.457. The molecule has 3 rings (SSSR count). The van der Waals surface area contributed by atoms with E-state index in [-0.39, 0.29) is 11.4 Å². The molecular formula is C18H13N3O3S3. The van der Waals surface area contributed by atoms with E-state index in [4.69, 9.17) is 10.00 Å². The number of rotatable bonds is 7. The molecule has 0 atom stereocenters. The summed E-state index contributed by atoms with van der Waals surface area (Å²) in [6.07, 6.45) is 0. The van der Waals surface area contributed by atoms with Crippen molar-refractivity contribution in [2.45, 2.75) is 4.90 Å². The van der Waals surface area contributed by atoms with Crippen LogP contribution in [-0.4, -0.2) is 29.2 Å². The van der Waals surface area contributed by atoms with Crippen molar-refractivity contribution in [1.82, 2.24) is 4.98 Å². The summed E-state index contributed by atoms with van der Waals surface area (Å²) >= 11 is 4.22. The van der Waals surface area contributed by atoms with Crippen molar-refractivity contribution in [3.63, 3.8) is 0 Å². The van der Waals surface area contributed by atoms with Crippen LogP contribution in [0.15, 0.2) is 51.4 Å². The van der Waals surface area contributed by atoms with Gasteiger partial charge in [0, 0.05) is 21.2 Å². The first kappa shape index (κ1) is 19.1. The molecule has 0 aliphatic heterocycles.